The summed E-state index contributed by atoms with van der Waals surface area (Å²) in [7, 11) is 0. The summed E-state index contributed by atoms with van der Waals surface area (Å²) in [5.74, 6) is 0.263. The van der Waals surface area contributed by atoms with E-state index >= 15 is 0 Å². The Bertz CT molecular complexity index is 509. The Morgan fingerprint density at radius 3 is 3.05 bits per heavy atom. The molecule has 2 aliphatic rings. The van der Waals surface area contributed by atoms with Gasteiger partial charge in [0.15, 0.2) is 0 Å². The number of nitrogens with one attached hydrogen (secondary N) is 1. The lowest BCUT2D eigenvalue weighted by Crippen LogP contribution is -2.51. The van der Waals surface area contributed by atoms with E-state index in [0.717, 1.165) is 42.8 Å². The molecule has 2 fully saturated rings. The first-order chi connectivity index (χ1) is 9.13. The van der Waals surface area contributed by atoms with Gasteiger partial charge in [-0.25, -0.2) is 4.79 Å². The highest BCUT2D eigenvalue weighted by Gasteiger charge is 2.35. The van der Waals surface area contributed by atoms with Crippen LogP contribution in [0.3, 0.4) is 0 Å². The number of aromatic hydroxyl groups is 1. The first-order valence-electron chi connectivity index (χ1n) is 6.38. The summed E-state index contributed by atoms with van der Waals surface area (Å²) in [4.78, 5) is 15.8. The van der Waals surface area contributed by atoms with Crippen LogP contribution in [0, 0.1) is 0 Å². The van der Waals surface area contributed by atoms with Crippen molar-refractivity contribution in [3.63, 3.8) is 0 Å². The van der Waals surface area contributed by atoms with Gasteiger partial charge in [-0.2, -0.15) is 0 Å². The molecule has 2 N–H and O–H groups in total. The SMILES string of the molecule is O=C1NCC2CN(Cc3ccc(O)c(Br)c3)CCN12. The number of halogens is 1. The van der Waals surface area contributed by atoms with E-state index in [0.29, 0.717) is 6.04 Å². The van der Waals surface area contributed by atoms with Crippen molar-refractivity contribution in [3.8, 4) is 5.75 Å². The third-order valence-electron chi connectivity index (χ3n) is 3.73. The number of phenols is 1. The first kappa shape index (κ1) is 12.7. The fourth-order valence-electron chi connectivity index (χ4n) is 2.72. The van der Waals surface area contributed by atoms with Crippen molar-refractivity contribution in [2.24, 2.45) is 0 Å². The van der Waals surface area contributed by atoms with Crippen molar-refractivity contribution in [3.05, 3.63) is 28.2 Å². The molecule has 102 valence electrons. The van der Waals surface area contributed by atoms with Crippen molar-refractivity contribution >= 4 is 22.0 Å². The molecule has 0 spiro atoms. The van der Waals surface area contributed by atoms with Crippen LogP contribution in [0.2, 0.25) is 0 Å². The maximum atomic E-state index is 11.5. The third-order valence-corrected chi connectivity index (χ3v) is 4.37. The molecule has 1 unspecified atom stereocenters. The quantitative estimate of drug-likeness (QED) is 0.863. The molecule has 2 heterocycles. The maximum absolute atomic E-state index is 11.5. The molecule has 5 nitrogen and oxygen atoms in total. The second kappa shape index (κ2) is 5.02. The van der Waals surface area contributed by atoms with Crippen molar-refractivity contribution in [2.75, 3.05) is 26.2 Å². The van der Waals surface area contributed by atoms with Gasteiger partial charge < -0.3 is 15.3 Å². The molecule has 19 heavy (non-hydrogen) atoms. The van der Waals surface area contributed by atoms with Gasteiger partial charge >= 0.3 is 6.03 Å². The van der Waals surface area contributed by atoms with E-state index in [1.54, 1.807) is 6.07 Å². The number of amides is 2. The van der Waals surface area contributed by atoms with E-state index in [4.69, 9.17) is 0 Å². The van der Waals surface area contributed by atoms with E-state index < -0.39 is 0 Å². The highest BCUT2D eigenvalue weighted by molar-refractivity contribution is 9.10. The van der Waals surface area contributed by atoms with Gasteiger partial charge in [0.25, 0.3) is 0 Å². The minimum Gasteiger partial charge on any atom is -0.507 e. The second-order valence-corrected chi connectivity index (χ2v) is 5.91. The molecule has 1 aromatic rings. The lowest BCUT2D eigenvalue weighted by atomic mass is 10.1. The number of benzene rings is 1. The first-order valence-corrected chi connectivity index (χ1v) is 7.17. The summed E-state index contributed by atoms with van der Waals surface area (Å²) in [6.45, 7) is 4.17. The predicted octanol–water partition coefficient (Wildman–Crippen LogP) is 1.36. The van der Waals surface area contributed by atoms with Crippen LogP contribution >= 0.6 is 15.9 Å². The Balaban J connectivity index is 1.65. The largest absolute Gasteiger partial charge is 0.507 e. The number of hydrogen-bond donors (Lipinski definition) is 2. The number of carbonyl (C=O) groups excluding carboxylic acids is 1. The molecule has 1 atom stereocenters. The van der Waals surface area contributed by atoms with Gasteiger partial charge in [0.1, 0.15) is 5.75 Å². The number of urea groups is 1. The Hall–Kier alpha value is -1.27. The molecule has 0 aliphatic carbocycles. The molecular weight excluding hydrogens is 310 g/mol. The third kappa shape index (κ3) is 2.55. The van der Waals surface area contributed by atoms with Crippen LogP contribution in [0.4, 0.5) is 4.79 Å². The number of carbonyl (C=O) groups is 1. The Labute approximate surface area is 120 Å². The number of hydrogen-bond acceptors (Lipinski definition) is 3. The van der Waals surface area contributed by atoms with Gasteiger partial charge in [0, 0.05) is 32.7 Å². The van der Waals surface area contributed by atoms with Gasteiger partial charge in [-0.05, 0) is 33.6 Å². The van der Waals surface area contributed by atoms with Crippen LogP contribution in [0.1, 0.15) is 5.56 Å². The highest BCUT2D eigenvalue weighted by atomic mass is 79.9. The lowest BCUT2D eigenvalue weighted by molar-refractivity contribution is 0.116. The molecule has 2 amide bonds. The number of piperazine rings is 1. The average Bonchev–Trinajstić information content (AvgIpc) is 2.75. The van der Waals surface area contributed by atoms with Gasteiger partial charge in [0.2, 0.25) is 0 Å². The molecule has 2 aliphatic heterocycles. The summed E-state index contributed by atoms with van der Waals surface area (Å²) in [6.07, 6.45) is 0. The highest BCUT2D eigenvalue weighted by Crippen LogP contribution is 2.25. The Morgan fingerprint density at radius 2 is 2.26 bits per heavy atom. The van der Waals surface area contributed by atoms with E-state index in [2.05, 4.69) is 26.1 Å². The molecule has 0 saturated carbocycles. The van der Waals surface area contributed by atoms with E-state index in [-0.39, 0.29) is 11.8 Å². The van der Waals surface area contributed by atoms with Crippen LogP contribution in [0.15, 0.2) is 22.7 Å². The maximum Gasteiger partial charge on any atom is 0.317 e. The van der Waals surface area contributed by atoms with Gasteiger partial charge in [-0.1, -0.05) is 6.07 Å². The summed E-state index contributed by atoms with van der Waals surface area (Å²) in [5.41, 5.74) is 1.16. The second-order valence-electron chi connectivity index (χ2n) is 5.05. The van der Waals surface area contributed by atoms with Crippen molar-refractivity contribution in [1.82, 2.24) is 15.1 Å². The lowest BCUT2D eigenvalue weighted by Gasteiger charge is -2.36. The molecule has 0 bridgehead atoms. The number of rotatable bonds is 2. The van der Waals surface area contributed by atoms with Gasteiger partial charge in [-0.15, -0.1) is 0 Å². The van der Waals surface area contributed by atoms with Crippen LogP contribution in [-0.2, 0) is 6.54 Å². The summed E-state index contributed by atoms with van der Waals surface area (Å²) < 4.78 is 0.723. The van der Waals surface area contributed by atoms with Crippen LogP contribution in [0.25, 0.3) is 0 Å². The zero-order valence-electron chi connectivity index (χ0n) is 10.5. The Morgan fingerprint density at radius 1 is 1.42 bits per heavy atom. The molecule has 0 radical (unpaired) electrons. The fraction of sp³-hybridized carbons (Fsp3) is 0.462. The molecule has 3 rings (SSSR count). The zero-order valence-corrected chi connectivity index (χ0v) is 12.1. The summed E-state index contributed by atoms with van der Waals surface area (Å²) >= 11 is 3.33. The fourth-order valence-corrected chi connectivity index (χ4v) is 3.15. The van der Waals surface area contributed by atoms with Gasteiger partial charge in [0.05, 0.1) is 10.5 Å². The topological polar surface area (TPSA) is 55.8 Å². The summed E-state index contributed by atoms with van der Waals surface area (Å²) in [6, 6.07) is 5.94. The molecule has 1 aromatic carbocycles. The van der Waals surface area contributed by atoms with Crippen LogP contribution in [-0.4, -0.2) is 53.2 Å². The van der Waals surface area contributed by atoms with E-state index in [1.165, 1.54) is 0 Å². The van der Waals surface area contributed by atoms with E-state index in [1.807, 2.05) is 17.0 Å². The smallest absolute Gasteiger partial charge is 0.317 e. The monoisotopic (exact) mass is 325 g/mol. The number of fused-ring (bicyclic) bond motifs is 1. The van der Waals surface area contributed by atoms with Crippen molar-refractivity contribution < 1.29 is 9.90 Å². The average molecular weight is 326 g/mol. The van der Waals surface area contributed by atoms with Crippen LogP contribution in [0.5, 0.6) is 5.75 Å². The Kier molecular flexibility index (Phi) is 3.36. The van der Waals surface area contributed by atoms with Gasteiger partial charge in [-0.3, -0.25) is 4.90 Å². The molecule has 6 heteroatoms. The van der Waals surface area contributed by atoms with E-state index in [9.17, 15) is 9.90 Å². The normalized spacial score (nSPS) is 23.3. The molecule has 0 aromatic heterocycles. The van der Waals surface area contributed by atoms with Crippen molar-refractivity contribution in [2.45, 2.75) is 12.6 Å². The zero-order chi connectivity index (χ0) is 13.4. The summed E-state index contributed by atoms with van der Waals surface area (Å²) in [5, 5.41) is 12.4. The molecular formula is C13H16BrN3O2. The number of nitrogens with zero attached hydrogens (tertiary/aromatic N) is 2. The predicted molar refractivity (Wildman–Crippen MR) is 75.0 cm³/mol. The number of phenolic OH excluding ortho intramolecular Hbond substituents is 1. The standard InChI is InChI=1S/C13H16BrN3O2/c14-11-5-9(1-2-12(11)18)7-16-3-4-17-10(8-16)6-15-13(17)19/h1-2,5,10,18H,3-4,6-8H2,(H,15,19). The van der Waals surface area contributed by atoms with Crippen LogP contribution < -0.4 is 5.32 Å². The molecule has 2 saturated heterocycles. The van der Waals surface area contributed by atoms with Crippen molar-refractivity contribution in [1.29, 1.82) is 0 Å². The minimum atomic E-state index is 0.0667. The minimum absolute atomic E-state index is 0.0667.